The van der Waals surface area contributed by atoms with Gasteiger partial charge in [0.2, 0.25) is 11.6 Å². The lowest BCUT2D eigenvalue weighted by Crippen LogP contribution is -2.33. The van der Waals surface area contributed by atoms with Gasteiger partial charge in [-0.2, -0.15) is 9.94 Å². The number of carbonyl (C=O) groups is 1. The Morgan fingerprint density at radius 2 is 1.88 bits per heavy atom. The van der Waals surface area contributed by atoms with Gasteiger partial charge in [-0.15, -0.1) is 5.10 Å². The van der Waals surface area contributed by atoms with Crippen molar-refractivity contribution in [2.75, 3.05) is 5.32 Å². The van der Waals surface area contributed by atoms with E-state index in [2.05, 4.69) is 10.4 Å². The van der Waals surface area contributed by atoms with Crippen LogP contribution in [0.5, 0.6) is 11.5 Å². The van der Waals surface area contributed by atoms with Crippen molar-refractivity contribution in [3.63, 3.8) is 0 Å². The summed E-state index contributed by atoms with van der Waals surface area (Å²) in [4.78, 5) is 38.1. The zero-order chi connectivity index (χ0) is 22.8. The molecule has 0 bridgehead atoms. The van der Waals surface area contributed by atoms with Gasteiger partial charge < -0.3 is 10.1 Å². The number of aromatic amines is 1. The molecule has 2 aliphatic rings. The van der Waals surface area contributed by atoms with E-state index in [1.54, 1.807) is 18.2 Å². The van der Waals surface area contributed by atoms with Gasteiger partial charge in [0, 0.05) is 5.69 Å². The highest BCUT2D eigenvalue weighted by atomic mass is 35.5. The summed E-state index contributed by atoms with van der Waals surface area (Å²) in [6, 6.07) is 7.89. The van der Waals surface area contributed by atoms with Gasteiger partial charge in [0.1, 0.15) is 11.8 Å². The van der Waals surface area contributed by atoms with Crippen LogP contribution in [0.15, 0.2) is 33.9 Å². The minimum atomic E-state index is -0.889. The predicted octanol–water partition coefficient (Wildman–Crippen LogP) is 3.18. The number of rotatable bonds is 3. The minimum Gasteiger partial charge on any atom is -0.454 e. The summed E-state index contributed by atoms with van der Waals surface area (Å²) in [5, 5.41) is 15.8. The van der Waals surface area contributed by atoms with Crippen molar-refractivity contribution >= 4 is 34.8 Å². The third kappa shape index (κ3) is 2.92. The van der Waals surface area contributed by atoms with Gasteiger partial charge in [0.25, 0.3) is 5.56 Å². The second-order valence-electron chi connectivity index (χ2n) is 7.62. The van der Waals surface area contributed by atoms with Crippen molar-refractivity contribution in [1.82, 2.24) is 14.8 Å². The van der Waals surface area contributed by atoms with Crippen molar-refractivity contribution in [3.8, 4) is 23.3 Å². The van der Waals surface area contributed by atoms with E-state index in [1.807, 2.05) is 11.9 Å². The molecule has 0 saturated heterocycles. The Balaban J connectivity index is 1.55. The van der Waals surface area contributed by atoms with Crippen LogP contribution in [0.3, 0.4) is 0 Å². The Kier molecular flexibility index (Phi) is 4.41. The van der Waals surface area contributed by atoms with Crippen molar-refractivity contribution in [3.05, 3.63) is 72.0 Å². The first kappa shape index (κ1) is 20.3. The van der Waals surface area contributed by atoms with E-state index < -0.39 is 22.4 Å². The standard InChI is InChI=1S/C21H13Cl2N5O4/c1-9-15(3-2-13-16(9)21(4-5-21)19(30)25-13)32-17-11(22)6-10(7-12(17)23)28-20(31)26-18(29)14(8-24)27-28/h2-3,6-7H,4-5H2,1H3,(H,25,30)(H,26,29,31). The molecule has 1 spiro atoms. The molecule has 0 atom stereocenters. The Morgan fingerprint density at radius 3 is 2.50 bits per heavy atom. The van der Waals surface area contributed by atoms with Gasteiger partial charge in [-0.25, -0.2) is 4.79 Å². The fraction of sp³-hybridized carbons (Fsp3) is 0.190. The van der Waals surface area contributed by atoms with Gasteiger partial charge in [-0.3, -0.25) is 14.6 Å². The molecule has 1 fully saturated rings. The van der Waals surface area contributed by atoms with Gasteiger partial charge in [0.05, 0.1) is 21.1 Å². The largest absolute Gasteiger partial charge is 0.454 e. The molecule has 11 heteroatoms. The summed E-state index contributed by atoms with van der Waals surface area (Å²) >= 11 is 12.8. The molecule has 9 nitrogen and oxygen atoms in total. The number of hydrogen-bond acceptors (Lipinski definition) is 6. The van der Waals surface area contributed by atoms with Gasteiger partial charge in [-0.1, -0.05) is 23.2 Å². The average molecular weight is 470 g/mol. The highest BCUT2D eigenvalue weighted by molar-refractivity contribution is 6.37. The molecule has 0 radical (unpaired) electrons. The highest BCUT2D eigenvalue weighted by Gasteiger charge is 2.57. The summed E-state index contributed by atoms with van der Waals surface area (Å²) in [6.45, 7) is 1.87. The minimum absolute atomic E-state index is 0.00347. The third-order valence-electron chi connectivity index (χ3n) is 5.70. The first-order valence-electron chi connectivity index (χ1n) is 9.52. The van der Waals surface area contributed by atoms with Crippen LogP contribution in [-0.2, 0) is 10.2 Å². The van der Waals surface area contributed by atoms with Crippen molar-refractivity contribution in [2.24, 2.45) is 0 Å². The molecule has 2 N–H and O–H groups in total. The Morgan fingerprint density at radius 1 is 1.19 bits per heavy atom. The van der Waals surface area contributed by atoms with Crippen LogP contribution in [0.25, 0.3) is 5.69 Å². The zero-order valence-electron chi connectivity index (χ0n) is 16.5. The number of nitrogens with one attached hydrogen (secondary N) is 2. The number of fused-ring (bicyclic) bond motifs is 2. The summed E-state index contributed by atoms with van der Waals surface area (Å²) < 4.78 is 6.83. The fourth-order valence-corrected chi connectivity index (χ4v) is 4.56. The van der Waals surface area contributed by atoms with Crippen LogP contribution in [0, 0.1) is 18.3 Å². The first-order valence-corrected chi connectivity index (χ1v) is 10.3. The maximum atomic E-state index is 12.3. The molecule has 32 heavy (non-hydrogen) atoms. The number of nitrogens with zero attached hydrogens (tertiary/aromatic N) is 3. The van der Waals surface area contributed by atoms with Crippen LogP contribution in [0.2, 0.25) is 10.0 Å². The molecule has 2 aromatic carbocycles. The molecule has 5 rings (SSSR count). The molecule has 1 amide bonds. The van der Waals surface area contributed by atoms with Crippen LogP contribution in [0.1, 0.15) is 29.7 Å². The van der Waals surface area contributed by atoms with E-state index in [0.29, 0.717) is 5.75 Å². The Hall–Kier alpha value is -3.61. The smallest absolute Gasteiger partial charge is 0.349 e. The number of aromatic nitrogens is 3. The van der Waals surface area contributed by atoms with E-state index in [9.17, 15) is 14.4 Å². The summed E-state index contributed by atoms with van der Waals surface area (Å²) in [5.41, 5.74) is -0.0438. The first-order chi connectivity index (χ1) is 15.2. The van der Waals surface area contributed by atoms with Gasteiger partial charge >= 0.3 is 5.69 Å². The number of carbonyl (C=O) groups excluding carboxylic acids is 1. The number of nitriles is 1. The molecular formula is C21H13Cl2N5O4. The third-order valence-corrected chi connectivity index (χ3v) is 6.26. The van der Waals surface area contributed by atoms with E-state index in [-0.39, 0.29) is 27.4 Å². The number of halogens is 2. The van der Waals surface area contributed by atoms with Crippen LogP contribution >= 0.6 is 23.2 Å². The van der Waals surface area contributed by atoms with Crippen molar-refractivity contribution in [1.29, 1.82) is 5.26 Å². The quantitative estimate of drug-likeness (QED) is 0.605. The molecule has 1 aliphatic heterocycles. The SMILES string of the molecule is Cc1c(Oc2c(Cl)cc(-n3nc(C#N)c(=O)[nH]c3=O)cc2Cl)ccc2c1C1(CC1)C(=O)N2. The number of hydrogen-bond donors (Lipinski definition) is 2. The van der Waals surface area contributed by atoms with E-state index >= 15 is 0 Å². The molecule has 1 aromatic heterocycles. The highest BCUT2D eigenvalue weighted by Crippen LogP contribution is 2.57. The Bertz CT molecular complexity index is 1470. The molecule has 3 aromatic rings. The number of anilines is 1. The predicted molar refractivity (Wildman–Crippen MR) is 116 cm³/mol. The number of ether oxygens (including phenoxy) is 1. The molecule has 0 unspecified atom stereocenters. The summed E-state index contributed by atoms with van der Waals surface area (Å²) in [5.74, 6) is 0.651. The number of benzene rings is 2. The monoisotopic (exact) mass is 469 g/mol. The number of amides is 1. The lowest BCUT2D eigenvalue weighted by atomic mass is 9.93. The summed E-state index contributed by atoms with van der Waals surface area (Å²) in [7, 11) is 0. The van der Waals surface area contributed by atoms with Crippen molar-refractivity contribution in [2.45, 2.75) is 25.2 Å². The van der Waals surface area contributed by atoms with E-state index in [0.717, 1.165) is 34.3 Å². The fourth-order valence-electron chi connectivity index (χ4n) is 4.01. The van der Waals surface area contributed by atoms with Crippen LogP contribution in [-0.4, -0.2) is 20.7 Å². The van der Waals surface area contributed by atoms with Crippen molar-refractivity contribution < 1.29 is 9.53 Å². The van der Waals surface area contributed by atoms with Gasteiger partial charge in [0.15, 0.2) is 5.75 Å². The lowest BCUT2D eigenvalue weighted by Gasteiger charge is -2.16. The Labute approximate surface area is 190 Å². The maximum absolute atomic E-state index is 12.3. The number of H-pyrrole nitrogens is 1. The van der Waals surface area contributed by atoms with Gasteiger partial charge in [-0.05, 0) is 55.2 Å². The molecule has 1 saturated carbocycles. The zero-order valence-corrected chi connectivity index (χ0v) is 18.0. The molecule has 2 heterocycles. The molecule has 160 valence electrons. The average Bonchev–Trinajstić information content (AvgIpc) is 3.48. The lowest BCUT2D eigenvalue weighted by molar-refractivity contribution is -0.117. The summed E-state index contributed by atoms with van der Waals surface area (Å²) in [6.07, 6.45) is 1.58. The normalized spacial score (nSPS) is 15.2. The second-order valence-corrected chi connectivity index (χ2v) is 8.43. The molecule has 1 aliphatic carbocycles. The van der Waals surface area contributed by atoms with Crippen LogP contribution < -0.4 is 21.3 Å². The maximum Gasteiger partial charge on any atom is 0.349 e. The molecular weight excluding hydrogens is 457 g/mol. The second kappa shape index (κ2) is 6.95. The van der Waals surface area contributed by atoms with Crippen LogP contribution in [0.4, 0.5) is 5.69 Å². The van der Waals surface area contributed by atoms with E-state index in [4.69, 9.17) is 33.2 Å². The topological polar surface area (TPSA) is 130 Å². The van der Waals surface area contributed by atoms with E-state index in [1.165, 1.54) is 12.1 Å².